The second-order valence-electron chi connectivity index (χ2n) is 6.58. The van der Waals surface area contributed by atoms with Gasteiger partial charge in [0.2, 0.25) is 0 Å². The molecule has 134 valence electrons. The van der Waals surface area contributed by atoms with E-state index in [4.69, 9.17) is 0 Å². The van der Waals surface area contributed by atoms with Crippen LogP contribution in [0.1, 0.15) is 16.7 Å². The molecule has 0 aliphatic carbocycles. The van der Waals surface area contributed by atoms with Crippen molar-refractivity contribution < 1.29 is 5.11 Å². The fourth-order valence-corrected chi connectivity index (χ4v) is 3.40. The molecule has 0 radical (unpaired) electrons. The fraction of sp³-hybridized carbons (Fsp3) is 0. The number of fused-ring (bicyclic) bond motifs is 2. The summed E-state index contributed by atoms with van der Waals surface area (Å²) in [5.41, 5.74) is 4.57. The molecule has 2 aromatic heterocycles. The first-order valence-electron chi connectivity index (χ1n) is 8.92. The summed E-state index contributed by atoms with van der Waals surface area (Å²) in [6, 6.07) is 15.8. The van der Waals surface area contributed by atoms with Crippen molar-refractivity contribution in [2.75, 3.05) is 0 Å². The van der Waals surface area contributed by atoms with Gasteiger partial charge in [-0.05, 0) is 52.8 Å². The van der Waals surface area contributed by atoms with E-state index in [0.717, 1.165) is 43.7 Å². The highest BCUT2D eigenvalue weighted by Crippen LogP contribution is 2.27. The minimum atomic E-state index is 0.156. The minimum Gasteiger partial charge on any atom is -0.494 e. The summed E-state index contributed by atoms with van der Waals surface area (Å²) in [7, 11) is 0. The molecule has 2 aromatic carbocycles. The van der Waals surface area contributed by atoms with Crippen molar-refractivity contribution in [1.29, 1.82) is 0 Å². The van der Waals surface area contributed by atoms with Crippen LogP contribution in [-0.2, 0) is 0 Å². The lowest BCUT2D eigenvalue weighted by molar-refractivity contribution is 0.457. The number of benzene rings is 2. The normalized spacial score (nSPS) is 13.4. The van der Waals surface area contributed by atoms with Gasteiger partial charge in [0.05, 0.1) is 11.9 Å². The average Bonchev–Trinajstić information content (AvgIpc) is 3.32. The number of azo groups is 1. The van der Waals surface area contributed by atoms with Crippen LogP contribution < -0.4 is 10.4 Å². The van der Waals surface area contributed by atoms with Gasteiger partial charge in [0, 0.05) is 34.1 Å². The van der Waals surface area contributed by atoms with Crippen molar-refractivity contribution in [3.8, 4) is 5.88 Å². The van der Waals surface area contributed by atoms with Gasteiger partial charge in [0.25, 0.3) is 0 Å². The van der Waals surface area contributed by atoms with Crippen molar-refractivity contribution in [3.05, 3.63) is 88.1 Å². The molecule has 5 heteroatoms. The van der Waals surface area contributed by atoms with E-state index in [1.807, 2.05) is 60.7 Å². The van der Waals surface area contributed by atoms with Gasteiger partial charge in [0.1, 0.15) is 0 Å². The van der Waals surface area contributed by atoms with Crippen molar-refractivity contribution in [1.82, 2.24) is 9.97 Å². The van der Waals surface area contributed by atoms with Crippen LogP contribution in [0.15, 0.2) is 71.2 Å². The molecule has 1 aliphatic heterocycles. The average molecular weight is 364 g/mol. The van der Waals surface area contributed by atoms with Gasteiger partial charge < -0.3 is 10.1 Å². The summed E-state index contributed by atoms with van der Waals surface area (Å²) in [5.74, 6) is 0.156. The van der Waals surface area contributed by atoms with Gasteiger partial charge >= 0.3 is 0 Å². The number of hydrogen-bond donors (Lipinski definition) is 2. The molecule has 3 heterocycles. The molecule has 0 fully saturated rings. The number of aromatic hydroxyl groups is 1. The first-order chi connectivity index (χ1) is 13.8. The highest BCUT2D eigenvalue weighted by Gasteiger charge is 2.09. The molecule has 28 heavy (non-hydrogen) atoms. The molecule has 5 rings (SSSR count). The molecule has 1 aliphatic rings. The Hall–Kier alpha value is -3.99. The predicted octanol–water partition coefficient (Wildman–Crippen LogP) is 4.10. The summed E-state index contributed by atoms with van der Waals surface area (Å²) >= 11 is 0. The zero-order chi connectivity index (χ0) is 18.9. The van der Waals surface area contributed by atoms with Gasteiger partial charge in [0.15, 0.2) is 5.88 Å². The Morgan fingerprint density at radius 1 is 0.964 bits per heavy atom. The molecule has 0 unspecified atom stereocenters. The minimum absolute atomic E-state index is 0.156. The number of nitrogens with zero attached hydrogens (tertiary/aromatic N) is 3. The fourth-order valence-electron chi connectivity index (χ4n) is 3.40. The lowest BCUT2D eigenvalue weighted by atomic mass is 10.1. The van der Waals surface area contributed by atoms with E-state index < -0.39 is 0 Å². The Labute approximate surface area is 160 Å². The van der Waals surface area contributed by atoms with Crippen molar-refractivity contribution in [2.24, 2.45) is 10.2 Å². The van der Waals surface area contributed by atoms with Crippen LogP contribution in [0.2, 0.25) is 0 Å². The summed E-state index contributed by atoms with van der Waals surface area (Å²) in [5, 5.41) is 21.6. The molecule has 2 N–H and O–H groups in total. The molecule has 0 amide bonds. The van der Waals surface area contributed by atoms with E-state index in [2.05, 4.69) is 26.3 Å². The van der Waals surface area contributed by atoms with Crippen LogP contribution in [0.25, 0.3) is 35.3 Å². The Kier molecular flexibility index (Phi) is 3.84. The molecule has 0 bridgehead atoms. The number of H-pyrrole nitrogens is 1. The van der Waals surface area contributed by atoms with Crippen LogP contribution in [0, 0.1) is 0 Å². The van der Waals surface area contributed by atoms with Crippen LogP contribution in [-0.4, -0.2) is 15.1 Å². The van der Waals surface area contributed by atoms with Crippen LogP contribution in [0.3, 0.4) is 0 Å². The maximum atomic E-state index is 10.4. The Bertz CT molecular complexity index is 1370. The van der Waals surface area contributed by atoms with Crippen molar-refractivity contribution >= 4 is 41.0 Å². The largest absolute Gasteiger partial charge is 0.494 e. The summed E-state index contributed by atoms with van der Waals surface area (Å²) < 4.78 is 0. The molecule has 0 spiro atoms. The van der Waals surface area contributed by atoms with Crippen LogP contribution >= 0.6 is 0 Å². The molecular weight excluding hydrogens is 348 g/mol. The van der Waals surface area contributed by atoms with Gasteiger partial charge in [-0.3, -0.25) is 4.98 Å². The van der Waals surface area contributed by atoms with Gasteiger partial charge in [-0.1, -0.05) is 30.4 Å². The number of rotatable bonds is 3. The third-order valence-corrected chi connectivity index (χ3v) is 4.76. The van der Waals surface area contributed by atoms with E-state index >= 15 is 0 Å². The number of aromatic nitrogens is 2. The molecule has 4 aromatic rings. The second-order valence-corrected chi connectivity index (χ2v) is 6.58. The van der Waals surface area contributed by atoms with Crippen molar-refractivity contribution in [3.63, 3.8) is 0 Å². The lowest BCUT2D eigenvalue weighted by Gasteiger charge is -1.99. The molecule has 0 saturated heterocycles. The second kappa shape index (κ2) is 6.63. The number of pyridine rings is 1. The standard InChI is InChI=1S/C23H16N4O/c28-23-19(18-3-1-2-4-21(18)26-23)12-16-11-17(20-14-25-27-22(20)13-16)6-5-15-7-9-24-10-8-15/h1-14,26,28H/b6-5+,16-12+. The van der Waals surface area contributed by atoms with E-state index in [0.29, 0.717) is 0 Å². The third-order valence-electron chi connectivity index (χ3n) is 4.76. The summed E-state index contributed by atoms with van der Waals surface area (Å²) in [6.45, 7) is 0. The van der Waals surface area contributed by atoms with E-state index in [1.54, 1.807) is 18.6 Å². The highest BCUT2D eigenvalue weighted by molar-refractivity contribution is 5.91. The molecule has 5 nitrogen and oxygen atoms in total. The predicted molar refractivity (Wildman–Crippen MR) is 111 cm³/mol. The van der Waals surface area contributed by atoms with Crippen LogP contribution in [0.5, 0.6) is 5.88 Å². The zero-order valence-corrected chi connectivity index (χ0v) is 14.9. The maximum Gasteiger partial charge on any atom is 0.196 e. The number of hydrogen-bond acceptors (Lipinski definition) is 4. The Morgan fingerprint density at radius 2 is 1.82 bits per heavy atom. The molecular formula is C23H16N4O. The zero-order valence-electron chi connectivity index (χ0n) is 14.9. The Balaban J connectivity index is 1.66. The topological polar surface area (TPSA) is 73.6 Å². The first kappa shape index (κ1) is 16.2. The van der Waals surface area contributed by atoms with E-state index in [1.165, 1.54) is 0 Å². The monoisotopic (exact) mass is 364 g/mol. The Morgan fingerprint density at radius 3 is 2.71 bits per heavy atom. The number of aromatic amines is 1. The maximum absolute atomic E-state index is 10.4. The van der Waals surface area contributed by atoms with Gasteiger partial charge in [-0.25, -0.2) is 0 Å². The summed E-state index contributed by atoms with van der Waals surface area (Å²) in [6.07, 6.45) is 11.4. The smallest absolute Gasteiger partial charge is 0.196 e. The van der Waals surface area contributed by atoms with E-state index in [-0.39, 0.29) is 5.88 Å². The third kappa shape index (κ3) is 2.89. The quantitative estimate of drug-likeness (QED) is 0.574. The van der Waals surface area contributed by atoms with Crippen LogP contribution in [0.4, 0.5) is 5.69 Å². The van der Waals surface area contributed by atoms with Gasteiger partial charge in [-0.15, -0.1) is 0 Å². The molecule has 0 saturated carbocycles. The summed E-state index contributed by atoms with van der Waals surface area (Å²) in [4.78, 5) is 7.06. The number of para-hydroxylation sites is 1. The first-order valence-corrected chi connectivity index (χ1v) is 8.92. The SMILES string of the molecule is Oc1[nH]c2ccccc2c1/C=c1\cc(/C=C/c2ccncc2)c2c(c1)N=NC=2. The van der Waals surface area contributed by atoms with E-state index in [9.17, 15) is 5.11 Å². The highest BCUT2D eigenvalue weighted by atomic mass is 16.3. The van der Waals surface area contributed by atoms with Crippen molar-refractivity contribution in [2.45, 2.75) is 0 Å². The van der Waals surface area contributed by atoms with Gasteiger partial charge in [-0.2, -0.15) is 10.2 Å². The lowest BCUT2D eigenvalue weighted by Crippen LogP contribution is -2.11. The number of nitrogens with one attached hydrogen (secondary N) is 1. The molecule has 0 atom stereocenters.